The number of aromatic nitrogens is 3. The average Bonchev–Trinajstić information content (AvgIpc) is 3.16. The molecular weight excluding hydrogens is 405 g/mol. The predicted molar refractivity (Wildman–Crippen MR) is 119 cm³/mol. The highest BCUT2D eigenvalue weighted by Gasteiger charge is 2.46. The third-order valence-corrected chi connectivity index (χ3v) is 6.41. The van der Waals surface area contributed by atoms with Crippen molar-refractivity contribution in [3.8, 4) is 5.69 Å². The molecule has 0 aliphatic carbocycles. The van der Waals surface area contributed by atoms with E-state index >= 15 is 0 Å². The molecule has 2 fully saturated rings. The number of halogens is 2. The first-order valence-corrected chi connectivity index (χ1v) is 10.7. The van der Waals surface area contributed by atoms with Crippen molar-refractivity contribution in [1.82, 2.24) is 14.8 Å². The molecule has 0 atom stereocenters. The molecule has 150 valence electrons. The summed E-state index contributed by atoms with van der Waals surface area (Å²) in [5.74, 6) is 1.01. The van der Waals surface area contributed by atoms with Crippen molar-refractivity contribution in [2.45, 2.75) is 19.8 Å². The van der Waals surface area contributed by atoms with Crippen molar-refractivity contribution < 1.29 is 0 Å². The first-order chi connectivity index (χ1) is 14.0. The molecule has 0 bridgehead atoms. The van der Waals surface area contributed by atoms with Crippen molar-refractivity contribution in [1.29, 1.82) is 0 Å². The summed E-state index contributed by atoms with van der Waals surface area (Å²) in [5, 5.41) is 6.03. The molecular formula is C22H23Cl2N5. The van der Waals surface area contributed by atoms with Crippen LogP contribution in [0.1, 0.15) is 18.5 Å². The molecule has 0 unspecified atom stereocenters. The van der Waals surface area contributed by atoms with E-state index in [1.54, 1.807) is 6.07 Å². The normalized spacial score (nSPS) is 18.2. The van der Waals surface area contributed by atoms with Crippen LogP contribution < -0.4 is 9.80 Å². The minimum Gasteiger partial charge on any atom is -0.370 e. The van der Waals surface area contributed by atoms with Crippen LogP contribution in [0.25, 0.3) is 5.69 Å². The van der Waals surface area contributed by atoms with Gasteiger partial charge in [-0.3, -0.25) is 4.98 Å². The molecule has 1 aromatic carbocycles. The van der Waals surface area contributed by atoms with Gasteiger partial charge in [-0.1, -0.05) is 23.2 Å². The molecule has 0 saturated carbocycles. The molecule has 2 aliphatic heterocycles. The first-order valence-electron chi connectivity index (χ1n) is 9.94. The molecule has 0 radical (unpaired) electrons. The highest BCUT2D eigenvalue weighted by atomic mass is 35.5. The first kappa shape index (κ1) is 18.8. The van der Waals surface area contributed by atoms with E-state index in [4.69, 9.17) is 28.3 Å². The Balaban J connectivity index is 1.30. The lowest BCUT2D eigenvalue weighted by Gasteiger charge is -2.55. The lowest BCUT2D eigenvalue weighted by molar-refractivity contribution is 0.174. The van der Waals surface area contributed by atoms with Crippen molar-refractivity contribution in [3.05, 3.63) is 64.5 Å². The number of hydrogen-bond acceptors (Lipinski definition) is 4. The van der Waals surface area contributed by atoms with Crippen LogP contribution in [0.3, 0.4) is 0 Å². The molecule has 5 rings (SSSR count). The van der Waals surface area contributed by atoms with E-state index in [9.17, 15) is 0 Å². The Hall–Kier alpha value is -2.24. The summed E-state index contributed by atoms with van der Waals surface area (Å²) in [6, 6.07) is 11.9. The van der Waals surface area contributed by atoms with E-state index in [1.165, 1.54) is 18.5 Å². The highest BCUT2D eigenvalue weighted by molar-refractivity contribution is 6.34. The van der Waals surface area contributed by atoms with Gasteiger partial charge in [-0.05, 0) is 50.1 Å². The molecule has 7 heteroatoms. The van der Waals surface area contributed by atoms with Gasteiger partial charge in [-0.15, -0.1) is 0 Å². The third-order valence-electron chi connectivity index (χ3n) is 5.97. The van der Waals surface area contributed by atoms with Gasteiger partial charge in [0.2, 0.25) is 0 Å². The SMILES string of the molecule is Cc1cc(N2CC3(CCCN(c4ccn(-c5cc(Cl)cc(Cl)c5)n4)C3)C2)ccn1. The molecule has 4 heterocycles. The van der Waals surface area contributed by atoms with E-state index < -0.39 is 0 Å². The molecule has 1 spiro atoms. The van der Waals surface area contributed by atoms with E-state index in [1.807, 2.05) is 36.1 Å². The number of nitrogens with zero attached hydrogens (tertiary/aromatic N) is 5. The zero-order valence-corrected chi connectivity index (χ0v) is 17.9. The van der Waals surface area contributed by atoms with Gasteiger partial charge in [0.15, 0.2) is 5.82 Å². The average molecular weight is 428 g/mol. The standard InChI is InChI=1S/C22H23Cl2N5/c1-16-9-19(3-6-25-16)28-14-22(15-28)5-2-7-27(13-22)21-4-8-29(26-21)20-11-17(23)10-18(24)12-20/h3-4,6,8-12H,2,5,7,13-15H2,1H3. The second-order valence-electron chi connectivity index (χ2n) is 8.28. The van der Waals surface area contributed by atoms with Crippen LogP contribution in [0.4, 0.5) is 11.5 Å². The summed E-state index contributed by atoms with van der Waals surface area (Å²) in [4.78, 5) is 9.19. The minimum atomic E-state index is 0.346. The van der Waals surface area contributed by atoms with Crippen LogP contribution >= 0.6 is 23.2 Å². The molecule has 2 aromatic heterocycles. The van der Waals surface area contributed by atoms with E-state index in [0.717, 1.165) is 43.4 Å². The summed E-state index contributed by atoms with van der Waals surface area (Å²) in [7, 11) is 0. The molecule has 5 nitrogen and oxygen atoms in total. The van der Waals surface area contributed by atoms with Gasteiger partial charge in [0.1, 0.15) is 0 Å². The van der Waals surface area contributed by atoms with E-state index in [0.29, 0.717) is 15.5 Å². The maximum absolute atomic E-state index is 6.15. The Kier molecular flexibility index (Phi) is 4.67. The van der Waals surface area contributed by atoms with Crippen molar-refractivity contribution in [2.75, 3.05) is 36.0 Å². The topological polar surface area (TPSA) is 37.2 Å². The van der Waals surface area contributed by atoms with Crippen LogP contribution in [-0.4, -0.2) is 40.9 Å². The number of hydrogen-bond donors (Lipinski definition) is 0. The maximum Gasteiger partial charge on any atom is 0.151 e. The van der Waals surface area contributed by atoms with Gasteiger partial charge in [0.25, 0.3) is 0 Å². The summed E-state index contributed by atoms with van der Waals surface area (Å²) < 4.78 is 1.85. The lowest BCUT2D eigenvalue weighted by Crippen LogP contribution is -2.63. The zero-order chi connectivity index (χ0) is 20.0. The number of benzene rings is 1. The number of anilines is 2. The fraction of sp³-hybridized carbons (Fsp3) is 0.364. The largest absolute Gasteiger partial charge is 0.370 e. The number of piperidine rings is 1. The fourth-order valence-electron chi connectivity index (χ4n) is 4.63. The van der Waals surface area contributed by atoms with Crippen LogP contribution in [0.5, 0.6) is 0 Å². The number of rotatable bonds is 3. The maximum atomic E-state index is 6.15. The summed E-state index contributed by atoms with van der Waals surface area (Å²) in [5.41, 5.74) is 3.57. The second kappa shape index (κ2) is 7.22. The smallest absolute Gasteiger partial charge is 0.151 e. The molecule has 2 saturated heterocycles. The van der Waals surface area contributed by atoms with Gasteiger partial charge < -0.3 is 9.80 Å². The summed E-state index contributed by atoms with van der Waals surface area (Å²) in [6.07, 6.45) is 6.34. The molecule has 3 aromatic rings. The second-order valence-corrected chi connectivity index (χ2v) is 9.16. The van der Waals surface area contributed by atoms with Crippen LogP contribution in [0.15, 0.2) is 48.8 Å². The van der Waals surface area contributed by atoms with Gasteiger partial charge in [-0.2, -0.15) is 5.10 Å². The van der Waals surface area contributed by atoms with Crippen molar-refractivity contribution >= 4 is 34.7 Å². The molecule has 2 aliphatic rings. The van der Waals surface area contributed by atoms with Crippen LogP contribution in [0.2, 0.25) is 10.0 Å². The molecule has 0 N–H and O–H groups in total. The van der Waals surface area contributed by atoms with Crippen molar-refractivity contribution in [2.24, 2.45) is 5.41 Å². The zero-order valence-electron chi connectivity index (χ0n) is 16.4. The quantitative estimate of drug-likeness (QED) is 0.589. The summed E-state index contributed by atoms with van der Waals surface area (Å²) in [6.45, 7) is 6.32. The lowest BCUT2D eigenvalue weighted by atomic mass is 9.73. The molecule has 0 amide bonds. The van der Waals surface area contributed by atoms with Gasteiger partial charge >= 0.3 is 0 Å². The Morgan fingerprint density at radius 3 is 2.45 bits per heavy atom. The number of pyridine rings is 1. The monoisotopic (exact) mass is 427 g/mol. The summed E-state index contributed by atoms with van der Waals surface area (Å²) >= 11 is 12.3. The Labute approximate surface area is 180 Å². The Morgan fingerprint density at radius 1 is 0.931 bits per heavy atom. The van der Waals surface area contributed by atoms with Crippen LogP contribution in [-0.2, 0) is 0 Å². The third kappa shape index (κ3) is 3.69. The van der Waals surface area contributed by atoms with Gasteiger partial charge in [0, 0.05) is 71.5 Å². The van der Waals surface area contributed by atoms with E-state index in [-0.39, 0.29) is 0 Å². The minimum absolute atomic E-state index is 0.346. The Morgan fingerprint density at radius 2 is 1.69 bits per heavy atom. The predicted octanol–water partition coefficient (Wildman–Crippen LogP) is 4.99. The van der Waals surface area contributed by atoms with Crippen molar-refractivity contribution in [3.63, 3.8) is 0 Å². The number of aryl methyl sites for hydroxylation is 1. The van der Waals surface area contributed by atoms with E-state index in [2.05, 4.69) is 33.0 Å². The fourth-order valence-corrected chi connectivity index (χ4v) is 5.15. The van der Waals surface area contributed by atoms with Gasteiger partial charge in [-0.25, -0.2) is 4.68 Å². The highest BCUT2D eigenvalue weighted by Crippen LogP contribution is 2.42. The van der Waals surface area contributed by atoms with Gasteiger partial charge in [0.05, 0.1) is 5.69 Å². The van der Waals surface area contributed by atoms with Crippen LogP contribution in [0, 0.1) is 12.3 Å². The molecule has 29 heavy (non-hydrogen) atoms. The Bertz CT molecular complexity index is 1020.